The van der Waals surface area contributed by atoms with Crippen LogP contribution in [0.3, 0.4) is 0 Å². The SMILES string of the molecule is CCCN(CCC)CC(C)CCC(=O)O. The molecule has 0 aromatic heterocycles. The van der Waals surface area contributed by atoms with Crippen molar-refractivity contribution in [2.24, 2.45) is 5.92 Å². The molecular formula is C12H25NO2. The van der Waals surface area contributed by atoms with E-state index in [1.54, 1.807) is 0 Å². The van der Waals surface area contributed by atoms with E-state index in [0.717, 1.165) is 26.1 Å². The number of carboxylic acids is 1. The molecule has 0 radical (unpaired) electrons. The first kappa shape index (κ1) is 14.4. The van der Waals surface area contributed by atoms with Crippen LogP contribution in [0.5, 0.6) is 0 Å². The predicted octanol–water partition coefficient (Wildman–Crippen LogP) is 2.61. The van der Waals surface area contributed by atoms with Crippen LogP contribution in [0, 0.1) is 5.92 Å². The molecule has 0 fully saturated rings. The van der Waals surface area contributed by atoms with Gasteiger partial charge in [-0.1, -0.05) is 20.8 Å². The monoisotopic (exact) mass is 215 g/mol. The zero-order valence-corrected chi connectivity index (χ0v) is 10.3. The highest BCUT2D eigenvalue weighted by molar-refractivity contribution is 5.66. The summed E-state index contributed by atoms with van der Waals surface area (Å²) in [6.45, 7) is 9.81. The Hall–Kier alpha value is -0.570. The molecule has 0 saturated heterocycles. The molecule has 0 aliphatic carbocycles. The number of rotatable bonds is 9. The number of aliphatic carboxylic acids is 1. The normalized spacial score (nSPS) is 13.1. The molecule has 1 atom stereocenters. The van der Waals surface area contributed by atoms with Crippen molar-refractivity contribution >= 4 is 5.97 Å². The minimum Gasteiger partial charge on any atom is -0.481 e. The van der Waals surface area contributed by atoms with Crippen molar-refractivity contribution in [2.75, 3.05) is 19.6 Å². The molecule has 0 rings (SSSR count). The average Bonchev–Trinajstić information content (AvgIpc) is 2.15. The van der Waals surface area contributed by atoms with Gasteiger partial charge in [0.1, 0.15) is 0 Å². The standard InChI is InChI=1S/C12H25NO2/c1-4-8-13(9-5-2)10-11(3)6-7-12(14)15/h11H,4-10H2,1-3H3,(H,14,15). The van der Waals surface area contributed by atoms with E-state index in [0.29, 0.717) is 12.3 Å². The Balaban J connectivity index is 3.76. The Morgan fingerprint density at radius 1 is 1.27 bits per heavy atom. The summed E-state index contributed by atoms with van der Waals surface area (Å²) in [6, 6.07) is 0. The molecule has 0 aromatic rings. The van der Waals surface area contributed by atoms with Crippen LogP contribution in [0.1, 0.15) is 46.5 Å². The van der Waals surface area contributed by atoms with Gasteiger partial charge >= 0.3 is 5.97 Å². The Kier molecular flexibility index (Phi) is 8.38. The van der Waals surface area contributed by atoms with Gasteiger partial charge in [0, 0.05) is 13.0 Å². The largest absolute Gasteiger partial charge is 0.481 e. The van der Waals surface area contributed by atoms with Gasteiger partial charge in [-0.2, -0.15) is 0 Å². The summed E-state index contributed by atoms with van der Waals surface area (Å²) in [7, 11) is 0. The van der Waals surface area contributed by atoms with E-state index in [9.17, 15) is 4.79 Å². The maximum Gasteiger partial charge on any atom is 0.303 e. The van der Waals surface area contributed by atoms with Crippen molar-refractivity contribution in [3.63, 3.8) is 0 Å². The lowest BCUT2D eigenvalue weighted by Crippen LogP contribution is -2.30. The molecule has 0 bridgehead atoms. The number of nitrogens with zero attached hydrogens (tertiary/aromatic N) is 1. The van der Waals surface area contributed by atoms with E-state index in [-0.39, 0.29) is 0 Å². The third kappa shape index (κ3) is 8.43. The maximum atomic E-state index is 10.4. The number of hydrogen-bond donors (Lipinski definition) is 1. The van der Waals surface area contributed by atoms with Gasteiger partial charge < -0.3 is 10.0 Å². The fourth-order valence-corrected chi connectivity index (χ4v) is 1.83. The molecule has 0 amide bonds. The minimum atomic E-state index is -0.681. The quantitative estimate of drug-likeness (QED) is 0.642. The van der Waals surface area contributed by atoms with Crippen molar-refractivity contribution in [3.8, 4) is 0 Å². The topological polar surface area (TPSA) is 40.5 Å². The van der Waals surface area contributed by atoms with E-state index >= 15 is 0 Å². The zero-order valence-electron chi connectivity index (χ0n) is 10.3. The van der Waals surface area contributed by atoms with Crippen LogP contribution >= 0.6 is 0 Å². The molecule has 0 aliphatic rings. The molecule has 3 heteroatoms. The van der Waals surface area contributed by atoms with Gasteiger partial charge in [-0.05, 0) is 38.3 Å². The molecule has 0 aromatic carbocycles. The van der Waals surface area contributed by atoms with Crippen LogP contribution < -0.4 is 0 Å². The Labute approximate surface area is 93.5 Å². The lowest BCUT2D eigenvalue weighted by Gasteiger charge is -2.24. The molecule has 1 N–H and O–H groups in total. The van der Waals surface area contributed by atoms with E-state index in [1.165, 1.54) is 12.8 Å². The first-order valence-electron chi connectivity index (χ1n) is 6.04. The fourth-order valence-electron chi connectivity index (χ4n) is 1.83. The number of carboxylic acid groups (broad SMARTS) is 1. The summed E-state index contributed by atoms with van der Waals surface area (Å²) in [5.74, 6) is -0.196. The second-order valence-corrected chi connectivity index (χ2v) is 4.34. The van der Waals surface area contributed by atoms with Gasteiger partial charge in [-0.15, -0.1) is 0 Å². The summed E-state index contributed by atoms with van der Waals surface area (Å²) >= 11 is 0. The van der Waals surface area contributed by atoms with Crippen molar-refractivity contribution < 1.29 is 9.90 Å². The van der Waals surface area contributed by atoms with E-state index < -0.39 is 5.97 Å². The molecule has 0 saturated carbocycles. The van der Waals surface area contributed by atoms with Gasteiger partial charge in [0.25, 0.3) is 0 Å². The highest BCUT2D eigenvalue weighted by Gasteiger charge is 2.10. The smallest absolute Gasteiger partial charge is 0.303 e. The molecule has 0 spiro atoms. The number of carbonyl (C=O) groups is 1. The number of hydrogen-bond acceptors (Lipinski definition) is 2. The molecule has 90 valence electrons. The lowest BCUT2D eigenvalue weighted by molar-refractivity contribution is -0.137. The second-order valence-electron chi connectivity index (χ2n) is 4.34. The minimum absolute atomic E-state index is 0.299. The molecule has 0 heterocycles. The lowest BCUT2D eigenvalue weighted by atomic mass is 10.0. The van der Waals surface area contributed by atoms with Crippen molar-refractivity contribution in [2.45, 2.75) is 46.5 Å². The summed E-state index contributed by atoms with van der Waals surface area (Å²) in [5, 5.41) is 8.59. The Bertz CT molecular complexity index is 165. The highest BCUT2D eigenvalue weighted by atomic mass is 16.4. The molecule has 3 nitrogen and oxygen atoms in total. The van der Waals surface area contributed by atoms with Crippen LogP contribution in [-0.2, 0) is 4.79 Å². The van der Waals surface area contributed by atoms with E-state index in [2.05, 4.69) is 25.7 Å². The van der Waals surface area contributed by atoms with Gasteiger partial charge in [0.05, 0.1) is 0 Å². The van der Waals surface area contributed by atoms with Crippen LogP contribution in [0.25, 0.3) is 0 Å². The van der Waals surface area contributed by atoms with Crippen LogP contribution in [0.2, 0.25) is 0 Å². The van der Waals surface area contributed by atoms with Crippen molar-refractivity contribution in [3.05, 3.63) is 0 Å². The fraction of sp³-hybridized carbons (Fsp3) is 0.917. The maximum absolute atomic E-state index is 10.4. The summed E-state index contributed by atoms with van der Waals surface area (Å²) < 4.78 is 0. The molecular weight excluding hydrogens is 190 g/mol. The zero-order chi connectivity index (χ0) is 11.7. The first-order chi connectivity index (χ1) is 7.10. The highest BCUT2D eigenvalue weighted by Crippen LogP contribution is 2.08. The third-order valence-corrected chi connectivity index (χ3v) is 2.50. The Morgan fingerprint density at radius 2 is 1.80 bits per heavy atom. The van der Waals surface area contributed by atoms with Crippen LogP contribution in [-0.4, -0.2) is 35.6 Å². The predicted molar refractivity (Wildman–Crippen MR) is 63.1 cm³/mol. The first-order valence-corrected chi connectivity index (χ1v) is 6.04. The van der Waals surface area contributed by atoms with Crippen molar-refractivity contribution in [1.82, 2.24) is 4.90 Å². The van der Waals surface area contributed by atoms with Gasteiger partial charge in [-0.25, -0.2) is 0 Å². The summed E-state index contributed by atoms with van der Waals surface area (Å²) in [6.07, 6.45) is 3.43. The van der Waals surface area contributed by atoms with E-state index in [1.807, 2.05) is 0 Å². The van der Waals surface area contributed by atoms with Crippen molar-refractivity contribution in [1.29, 1.82) is 0 Å². The van der Waals surface area contributed by atoms with Crippen LogP contribution in [0.15, 0.2) is 0 Å². The van der Waals surface area contributed by atoms with Gasteiger partial charge in [0.15, 0.2) is 0 Å². The molecule has 15 heavy (non-hydrogen) atoms. The second kappa shape index (κ2) is 8.72. The van der Waals surface area contributed by atoms with E-state index in [4.69, 9.17) is 5.11 Å². The van der Waals surface area contributed by atoms with Gasteiger partial charge in [0.2, 0.25) is 0 Å². The summed E-state index contributed by atoms with van der Waals surface area (Å²) in [5.41, 5.74) is 0. The average molecular weight is 215 g/mol. The van der Waals surface area contributed by atoms with Gasteiger partial charge in [-0.3, -0.25) is 4.79 Å². The molecule has 1 unspecified atom stereocenters. The summed E-state index contributed by atoms with van der Waals surface area (Å²) in [4.78, 5) is 12.9. The molecule has 0 aliphatic heterocycles. The Morgan fingerprint density at radius 3 is 2.20 bits per heavy atom. The van der Waals surface area contributed by atoms with Crippen LogP contribution in [0.4, 0.5) is 0 Å². The third-order valence-electron chi connectivity index (χ3n) is 2.50.